The lowest BCUT2D eigenvalue weighted by Crippen LogP contribution is -2.29. The molecule has 2 N–H and O–H groups in total. The van der Waals surface area contributed by atoms with Crippen molar-refractivity contribution < 1.29 is 22.0 Å². The monoisotopic (exact) mass is 458 g/mol. The van der Waals surface area contributed by atoms with Crippen LogP contribution in [0.2, 0.25) is 0 Å². The quantitative estimate of drug-likeness (QED) is 0.574. The lowest BCUT2D eigenvalue weighted by Gasteiger charge is -2.15. The first-order valence-corrected chi connectivity index (χ1v) is 9.70. The molecule has 11 heteroatoms. The Bertz CT molecular complexity index is 1160. The molecule has 0 spiro atoms. The van der Waals surface area contributed by atoms with Gasteiger partial charge in [0.15, 0.2) is 5.82 Å². The van der Waals surface area contributed by atoms with Gasteiger partial charge in [-0.05, 0) is 34.1 Å². The molecule has 3 rings (SSSR count). The highest BCUT2D eigenvalue weighted by atomic mass is 79.9. The summed E-state index contributed by atoms with van der Waals surface area (Å²) in [6, 6.07) is 3.32. The first-order chi connectivity index (χ1) is 12.6. The molecule has 0 amide bonds. The highest BCUT2D eigenvalue weighted by molar-refractivity contribution is 9.10. The van der Waals surface area contributed by atoms with Gasteiger partial charge in [-0.15, -0.1) is 0 Å². The number of aromatic amines is 1. The average Bonchev–Trinajstić information content (AvgIpc) is 3.00. The fraction of sp³-hybridized carbons (Fsp3) is 0.125. The van der Waals surface area contributed by atoms with E-state index in [0.29, 0.717) is 15.5 Å². The van der Waals surface area contributed by atoms with Gasteiger partial charge in [-0.1, -0.05) is 0 Å². The predicted octanol–water partition coefficient (Wildman–Crippen LogP) is 3.05. The zero-order valence-corrected chi connectivity index (χ0v) is 16.5. The molecule has 0 radical (unpaired) electrons. The number of carbonyl (C=O) groups excluding carboxylic acids is 1. The number of hydrogen-bond donors (Lipinski definition) is 2. The van der Waals surface area contributed by atoms with Crippen LogP contribution in [0.5, 0.6) is 0 Å². The van der Waals surface area contributed by atoms with E-state index in [2.05, 4.69) is 25.9 Å². The molecule has 0 fully saturated rings. The van der Waals surface area contributed by atoms with Gasteiger partial charge < -0.3 is 4.98 Å². The van der Waals surface area contributed by atoms with Gasteiger partial charge in [0.25, 0.3) is 0 Å². The largest absolute Gasteiger partial charge is 0.345 e. The maximum Gasteiger partial charge on any atom is 0.301 e. The van der Waals surface area contributed by atoms with Crippen molar-refractivity contribution in [2.45, 2.75) is 0 Å². The summed E-state index contributed by atoms with van der Waals surface area (Å²) in [5, 5.41) is 0.368. The third kappa shape index (κ3) is 3.57. The number of carbonyl (C=O) groups is 1. The lowest BCUT2D eigenvalue weighted by molar-refractivity contribution is 0.103. The van der Waals surface area contributed by atoms with Crippen molar-refractivity contribution in [3.05, 3.63) is 57.8 Å². The van der Waals surface area contributed by atoms with Crippen molar-refractivity contribution in [1.82, 2.24) is 14.3 Å². The van der Waals surface area contributed by atoms with Crippen LogP contribution in [-0.2, 0) is 10.2 Å². The van der Waals surface area contributed by atoms with E-state index >= 15 is 0 Å². The SMILES string of the molecule is CN(C)S(=O)(=O)Nc1ccc(F)c(C(=O)c2c[nH]c3ncc(Br)cc23)c1F. The predicted molar refractivity (Wildman–Crippen MR) is 99.8 cm³/mol. The molecule has 0 saturated carbocycles. The van der Waals surface area contributed by atoms with Gasteiger partial charge in [-0.2, -0.15) is 12.7 Å². The lowest BCUT2D eigenvalue weighted by atomic mass is 10.0. The van der Waals surface area contributed by atoms with Crippen LogP contribution < -0.4 is 4.72 Å². The Kier molecular flexibility index (Phi) is 5.02. The van der Waals surface area contributed by atoms with Crippen LogP contribution in [0, 0.1) is 11.6 Å². The number of hydrogen-bond acceptors (Lipinski definition) is 4. The number of nitrogens with zero attached hydrogens (tertiary/aromatic N) is 2. The molecule has 0 bridgehead atoms. The van der Waals surface area contributed by atoms with Crippen LogP contribution in [0.4, 0.5) is 14.5 Å². The number of fused-ring (bicyclic) bond motifs is 1. The second kappa shape index (κ2) is 6.98. The van der Waals surface area contributed by atoms with Gasteiger partial charge in [0, 0.05) is 41.9 Å². The van der Waals surface area contributed by atoms with E-state index < -0.39 is 38.9 Å². The van der Waals surface area contributed by atoms with Crippen molar-refractivity contribution in [3.8, 4) is 0 Å². The highest BCUT2D eigenvalue weighted by Crippen LogP contribution is 2.28. The summed E-state index contributed by atoms with van der Waals surface area (Å²) in [5.74, 6) is -3.35. The maximum atomic E-state index is 14.8. The Hall–Kier alpha value is -2.37. The number of ketones is 1. The second-order valence-electron chi connectivity index (χ2n) is 5.75. The van der Waals surface area contributed by atoms with E-state index in [1.807, 2.05) is 4.72 Å². The van der Waals surface area contributed by atoms with Crippen molar-refractivity contribution >= 4 is 48.6 Å². The summed E-state index contributed by atoms with van der Waals surface area (Å²) in [6.45, 7) is 0. The average molecular weight is 459 g/mol. The molecule has 2 aromatic heterocycles. The summed E-state index contributed by atoms with van der Waals surface area (Å²) in [4.78, 5) is 19.6. The minimum Gasteiger partial charge on any atom is -0.345 e. The number of rotatable bonds is 5. The van der Waals surface area contributed by atoms with Gasteiger partial charge in [-0.25, -0.2) is 13.8 Å². The minimum absolute atomic E-state index is 0.00390. The van der Waals surface area contributed by atoms with Gasteiger partial charge in [0.05, 0.1) is 11.3 Å². The topological polar surface area (TPSA) is 95.2 Å². The third-order valence-electron chi connectivity index (χ3n) is 3.78. The first kappa shape index (κ1) is 19.4. The molecule has 27 heavy (non-hydrogen) atoms. The molecule has 1 aromatic carbocycles. The molecule has 7 nitrogen and oxygen atoms in total. The fourth-order valence-corrected chi connectivity index (χ4v) is 3.32. The van der Waals surface area contributed by atoms with Crippen molar-refractivity contribution in [3.63, 3.8) is 0 Å². The van der Waals surface area contributed by atoms with E-state index in [4.69, 9.17) is 0 Å². The van der Waals surface area contributed by atoms with Crippen molar-refractivity contribution in [2.24, 2.45) is 0 Å². The Morgan fingerprint density at radius 1 is 1.30 bits per heavy atom. The maximum absolute atomic E-state index is 14.8. The molecule has 0 aliphatic rings. The molecule has 142 valence electrons. The summed E-state index contributed by atoms with van der Waals surface area (Å²) < 4.78 is 56.3. The number of pyridine rings is 1. The van der Waals surface area contributed by atoms with Gasteiger partial charge in [0.2, 0.25) is 5.78 Å². The number of nitrogens with one attached hydrogen (secondary N) is 2. The zero-order valence-electron chi connectivity index (χ0n) is 14.0. The molecule has 0 unspecified atom stereocenters. The standard InChI is InChI=1S/C16H13BrF2N4O3S/c1-23(2)27(25,26)22-12-4-3-11(18)13(14(12)19)15(24)10-7-21-16-9(10)5-8(17)6-20-16/h3-7,22H,1-2H3,(H,20,21). The molecule has 3 aromatic rings. The summed E-state index contributed by atoms with van der Waals surface area (Å²) >= 11 is 3.23. The summed E-state index contributed by atoms with van der Waals surface area (Å²) in [5.41, 5.74) is -1.03. The van der Waals surface area contributed by atoms with Crippen LogP contribution in [0.1, 0.15) is 15.9 Å². The van der Waals surface area contributed by atoms with Crippen LogP contribution in [0.25, 0.3) is 11.0 Å². The molecule has 0 aliphatic carbocycles. The van der Waals surface area contributed by atoms with E-state index in [1.165, 1.54) is 26.5 Å². The van der Waals surface area contributed by atoms with E-state index in [1.54, 1.807) is 6.07 Å². The molecular weight excluding hydrogens is 446 g/mol. The van der Waals surface area contributed by atoms with E-state index in [9.17, 15) is 22.0 Å². The normalized spacial score (nSPS) is 11.9. The Balaban J connectivity index is 2.12. The molecule has 2 heterocycles. The number of halogens is 3. The molecular formula is C16H13BrF2N4O3S. The van der Waals surface area contributed by atoms with Crippen molar-refractivity contribution in [1.29, 1.82) is 0 Å². The van der Waals surface area contributed by atoms with Crippen LogP contribution >= 0.6 is 15.9 Å². The van der Waals surface area contributed by atoms with Crippen LogP contribution in [0.3, 0.4) is 0 Å². The zero-order chi connectivity index (χ0) is 19.9. The van der Waals surface area contributed by atoms with Gasteiger partial charge in [-0.3, -0.25) is 9.52 Å². The number of H-pyrrole nitrogens is 1. The smallest absolute Gasteiger partial charge is 0.301 e. The van der Waals surface area contributed by atoms with Gasteiger partial charge >= 0.3 is 10.2 Å². The third-order valence-corrected chi connectivity index (χ3v) is 5.65. The first-order valence-electron chi connectivity index (χ1n) is 7.47. The summed E-state index contributed by atoms with van der Waals surface area (Å²) in [7, 11) is -1.55. The Morgan fingerprint density at radius 3 is 2.67 bits per heavy atom. The number of benzene rings is 1. The Morgan fingerprint density at radius 2 is 2.00 bits per heavy atom. The van der Waals surface area contributed by atoms with E-state index in [-0.39, 0.29) is 5.56 Å². The van der Waals surface area contributed by atoms with Gasteiger partial charge in [0.1, 0.15) is 11.5 Å². The van der Waals surface area contributed by atoms with E-state index in [0.717, 1.165) is 16.4 Å². The summed E-state index contributed by atoms with van der Waals surface area (Å²) in [6.07, 6.45) is 2.80. The van der Waals surface area contributed by atoms with Crippen LogP contribution in [0.15, 0.2) is 35.1 Å². The molecule has 0 aliphatic heterocycles. The van der Waals surface area contributed by atoms with Crippen molar-refractivity contribution in [2.75, 3.05) is 18.8 Å². The molecule has 0 atom stereocenters. The Labute approximate surface area is 161 Å². The molecule has 0 saturated heterocycles. The highest BCUT2D eigenvalue weighted by Gasteiger charge is 2.26. The minimum atomic E-state index is -4.04. The fourth-order valence-electron chi connectivity index (χ4n) is 2.37. The number of anilines is 1. The number of aromatic nitrogens is 2. The van der Waals surface area contributed by atoms with Crippen LogP contribution in [-0.4, -0.2) is 42.6 Å². The second-order valence-corrected chi connectivity index (χ2v) is 8.55.